The molecule has 1 heterocycles. The molecule has 0 bridgehead atoms. The number of aliphatic imine (C=N–C) groups is 1. The van der Waals surface area contributed by atoms with Gasteiger partial charge in [-0.1, -0.05) is 29.3 Å². The average molecular weight is 283 g/mol. The highest BCUT2D eigenvalue weighted by Gasteiger charge is 2.16. The van der Waals surface area contributed by atoms with Crippen LogP contribution in [0.3, 0.4) is 0 Å². The second kappa shape index (κ2) is 5.33. The van der Waals surface area contributed by atoms with Crippen molar-refractivity contribution >= 4 is 41.2 Å². The number of nitrogens with zero attached hydrogens (tertiary/aromatic N) is 1. The van der Waals surface area contributed by atoms with Gasteiger partial charge in [0.2, 0.25) is 0 Å². The van der Waals surface area contributed by atoms with Crippen LogP contribution in [-0.4, -0.2) is 18.0 Å². The summed E-state index contributed by atoms with van der Waals surface area (Å²) in [6, 6.07) is 4.80. The van der Waals surface area contributed by atoms with E-state index in [0.717, 1.165) is 0 Å². The molecule has 2 rings (SSSR count). The van der Waals surface area contributed by atoms with Crippen LogP contribution in [0.2, 0.25) is 10.0 Å². The van der Waals surface area contributed by atoms with E-state index < -0.39 is 11.8 Å². The fourth-order valence-electron chi connectivity index (χ4n) is 1.49. The summed E-state index contributed by atoms with van der Waals surface area (Å²) in [7, 11) is 0. The van der Waals surface area contributed by atoms with Gasteiger partial charge in [0.1, 0.15) is 0 Å². The lowest BCUT2D eigenvalue weighted by molar-refractivity contribution is -0.113. The summed E-state index contributed by atoms with van der Waals surface area (Å²) in [6.07, 6.45) is 3.09. The minimum atomic E-state index is -0.444. The van der Waals surface area contributed by atoms with Crippen LogP contribution >= 0.6 is 23.2 Å². The van der Waals surface area contributed by atoms with Crippen molar-refractivity contribution in [3.63, 3.8) is 0 Å². The molecule has 0 saturated carbocycles. The van der Waals surface area contributed by atoms with Crippen molar-refractivity contribution in [2.24, 2.45) is 4.99 Å². The number of carbonyl (C=O) groups is 2. The number of hydrogen-bond donors (Lipinski definition) is 1. The molecule has 4 nitrogen and oxygen atoms in total. The molecule has 0 saturated heterocycles. The molecule has 1 N–H and O–H groups in total. The van der Waals surface area contributed by atoms with Gasteiger partial charge in [0.05, 0.1) is 15.6 Å². The average Bonchev–Trinajstić information content (AvgIpc) is 2.28. The molecule has 18 heavy (non-hydrogen) atoms. The topological polar surface area (TPSA) is 58.5 Å². The third-order valence-electron chi connectivity index (χ3n) is 2.29. The number of allylic oxidation sites excluding steroid dienone is 1. The largest absolute Gasteiger partial charge is 0.325 e. The highest BCUT2D eigenvalue weighted by Crippen LogP contribution is 2.24. The summed E-state index contributed by atoms with van der Waals surface area (Å²) < 4.78 is 0. The van der Waals surface area contributed by atoms with Crippen molar-refractivity contribution in [3.05, 3.63) is 45.6 Å². The maximum Gasteiger partial charge on any atom is 0.271 e. The molecule has 1 aliphatic rings. The zero-order chi connectivity index (χ0) is 13.1. The van der Waals surface area contributed by atoms with Gasteiger partial charge in [0, 0.05) is 24.4 Å². The fraction of sp³-hybridized carbons (Fsp3) is 0.0833. The predicted octanol–water partition coefficient (Wildman–Crippen LogP) is 2.61. The summed E-state index contributed by atoms with van der Waals surface area (Å²) in [4.78, 5) is 26.6. The Balaban J connectivity index is 2.21. The van der Waals surface area contributed by atoms with Gasteiger partial charge in [0.15, 0.2) is 0 Å². The molecule has 0 aliphatic carbocycles. The molecular weight excluding hydrogens is 275 g/mol. The summed E-state index contributed by atoms with van der Waals surface area (Å²) >= 11 is 11.8. The highest BCUT2D eigenvalue weighted by atomic mass is 35.5. The van der Waals surface area contributed by atoms with Crippen molar-refractivity contribution in [3.8, 4) is 0 Å². The Kier molecular flexibility index (Phi) is 3.79. The first kappa shape index (κ1) is 12.8. The fourth-order valence-corrected chi connectivity index (χ4v) is 2.06. The minimum Gasteiger partial charge on any atom is -0.325 e. The van der Waals surface area contributed by atoms with E-state index in [0.29, 0.717) is 12.1 Å². The molecular formula is C12H8Cl2N2O2. The van der Waals surface area contributed by atoms with E-state index in [9.17, 15) is 9.59 Å². The van der Waals surface area contributed by atoms with Crippen LogP contribution in [0.4, 0.5) is 0 Å². The van der Waals surface area contributed by atoms with Crippen molar-refractivity contribution in [2.75, 3.05) is 0 Å². The number of carbonyl (C=O) groups excluding carboxylic acids is 2. The number of dihydropyridines is 1. The summed E-state index contributed by atoms with van der Waals surface area (Å²) in [5, 5.41) is 3.11. The number of amides is 2. The molecule has 1 aromatic rings. The van der Waals surface area contributed by atoms with Crippen LogP contribution in [0.1, 0.15) is 16.8 Å². The summed E-state index contributed by atoms with van der Waals surface area (Å²) in [6.45, 7) is 0. The molecule has 0 radical (unpaired) electrons. The van der Waals surface area contributed by atoms with Gasteiger partial charge in [-0.25, -0.2) is 4.99 Å². The van der Waals surface area contributed by atoms with E-state index in [2.05, 4.69) is 10.3 Å². The Hall–Kier alpha value is -1.65. The third-order valence-corrected chi connectivity index (χ3v) is 2.92. The molecule has 92 valence electrons. The molecule has 0 unspecified atom stereocenters. The lowest BCUT2D eigenvalue weighted by Gasteiger charge is -2.11. The smallest absolute Gasteiger partial charge is 0.271 e. The predicted molar refractivity (Wildman–Crippen MR) is 70.1 cm³/mol. The van der Waals surface area contributed by atoms with E-state index >= 15 is 0 Å². The lowest BCUT2D eigenvalue weighted by Crippen LogP contribution is -2.25. The Morgan fingerprint density at radius 1 is 1.28 bits per heavy atom. The van der Waals surface area contributed by atoms with Crippen molar-refractivity contribution in [1.82, 2.24) is 5.32 Å². The first-order chi connectivity index (χ1) is 8.58. The van der Waals surface area contributed by atoms with Crippen LogP contribution in [0.5, 0.6) is 0 Å². The first-order valence-corrected chi connectivity index (χ1v) is 5.86. The lowest BCUT2D eigenvalue weighted by atomic mass is 10.2. The highest BCUT2D eigenvalue weighted by molar-refractivity contribution is 6.39. The number of benzene rings is 1. The molecule has 0 atom stereocenters. The van der Waals surface area contributed by atoms with Crippen LogP contribution in [0, 0.1) is 0 Å². The van der Waals surface area contributed by atoms with E-state index in [-0.39, 0.29) is 15.6 Å². The quantitative estimate of drug-likeness (QED) is 0.907. The van der Waals surface area contributed by atoms with Crippen molar-refractivity contribution in [2.45, 2.75) is 6.42 Å². The minimum absolute atomic E-state index is 0.191. The normalized spacial score (nSPS) is 14.3. The first-order valence-electron chi connectivity index (χ1n) is 5.10. The third kappa shape index (κ3) is 2.78. The molecule has 6 heteroatoms. The van der Waals surface area contributed by atoms with Crippen LogP contribution in [-0.2, 0) is 4.79 Å². The number of halogens is 2. The Morgan fingerprint density at radius 2 is 1.94 bits per heavy atom. The second-order valence-electron chi connectivity index (χ2n) is 3.57. The van der Waals surface area contributed by atoms with Gasteiger partial charge in [-0.15, -0.1) is 0 Å². The van der Waals surface area contributed by atoms with Gasteiger partial charge < -0.3 is 5.32 Å². The van der Waals surface area contributed by atoms with Gasteiger partial charge >= 0.3 is 0 Å². The maximum atomic E-state index is 12.0. The van der Waals surface area contributed by atoms with Gasteiger partial charge in [-0.05, 0) is 12.1 Å². The SMILES string of the molecule is O=C1C=C(NC(=O)c2c(Cl)cccc2Cl)CC=N1. The molecule has 1 aliphatic heterocycles. The molecule has 0 spiro atoms. The van der Waals surface area contributed by atoms with Crippen LogP contribution < -0.4 is 5.32 Å². The zero-order valence-electron chi connectivity index (χ0n) is 9.11. The van der Waals surface area contributed by atoms with Crippen LogP contribution in [0.15, 0.2) is 35.0 Å². The Morgan fingerprint density at radius 3 is 2.56 bits per heavy atom. The number of rotatable bonds is 2. The Labute approximate surface area is 113 Å². The van der Waals surface area contributed by atoms with Crippen molar-refractivity contribution < 1.29 is 9.59 Å². The van der Waals surface area contributed by atoms with E-state index in [1.165, 1.54) is 12.3 Å². The monoisotopic (exact) mass is 282 g/mol. The van der Waals surface area contributed by atoms with E-state index in [4.69, 9.17) is 23.2 Å². The second-order valence-corrected chi connectivity index (χ2v) is 4.39. The van der Waals surface area contributed by atoms with Gasteiger partial charge in [-0.2, -0.15) is 0 Å². The molecule has 0 fully saturated rings. The Bertz CT molecular complexity index is 559. The standard InChI is InChI=1S/C12H8Cl2N2O2/c13-8-2-1-3-9(14)11(8)12(18)16-7-4-5-15-10(17)6-7/h1-3,5-6H,4H2,(H,16,18). The van der Waals surface area contributed by atoms with Crippen LogP contribution in [0.25, 0.3) is 0 Å². The summed E-state index contributed by atoms with van der Waals surface area (Å²) in [5.41, 5.74) is 0.660. The number of hydrogen-bond acceptors (Lipinski definition) is 2. The van der Waals surface area contributed by atoms with Gasteiger partial charge in [-0.3, -0.25) is 9.59 Å². The number of nitrogens with one attached hydrogen (secondary N) is 1. The van der Waals surface area contributed by atoms with Crippen molar-refractivity contribution in [1.29, 1.82) is 0 Å². The molecule has 2 amide bonds. The maximum absolute atomic E-state index is 12.0. The molecule has 1 aromatic carbocycles. The van der Waals surface area contributed by atoms with Gasteiger partial charge in [0.25, 0.3) is 11.8 Å². The summed E-state index contributed by atoms with van der Waals surface area (Å²) in [5.74, 6) is -0.846. The van der Waals surface area contributed by atoms with E-state index in [1.807, 2.05) is 0 Å². The molecule has 0 aromatic heterocycles. The zero-order valence-corrected chi connectivity index (χ0v) is 10.6. The van der Waals surface area contributed by atoms with E-state index in [1.54, 1.807) is 18.2 Å².